The zero-order valence-electron chi connectivity index (χ0n) is 16.0. The molecule has 5 nitrogen and oxygen atoms in total. The Bertz CT molecular complexity index is 829. The fraction of sp³-hybridized carbons (Fsp3) is 0.364. The highest BCUT2D eigenvalue weighted by Crippen LogP contribution is 2.35. The second kappa shape index (κ2) is 7.82. The molecule has 0 spiro atoms. The van der Waals surface area contributed by atoms with E-state index in [-0.39, 0.29) is 11.7 Å². The predicted molar refractivity (Wildman–Crippen MR) is 103 cm³/mol. The quantitative estimate of drug-likeness (QED) is 0.841. The maximum absolute atomic E-state index is 12.5. The van der Waals surface area contributed by atoms with Crippen molar-refractivity contribution in [2.75, 3.05) is 0 Å². The summed E-state index contributed by atoms with van der Waals surface area (Å²) >= 11 is 0. The third-order valence-electron chi connectivity index (χ3n) is 4.48. The molecule has 0 radical (unpaired) electrons. The number of ketones is 1. The van der Waals surface area contributed by atoms with Gasteiger partial charge in [0.25, 0.3) is 5.91 Å². The molecule has 1 aliphatic heterocycles. The van der Waals surface area contributed by atoms with Crippen LogP contribution >= 0.6 is 0 Å². The third-order valence-corrected chi connectivity index (χ3v) is 4.48. The molecule has 0 bridgehead atoms. The number of carbonyl (C=O) groups excluding carboxylic acids is 2. The molecule has 2 aromatic rings. The average molecular weight is 367 g/mol. The fourth-order valence-corrected chi connectivity index (χ4v) is 3.09. The van der Waals surface area contributed by atoms with Crippen LogP contribution in [0.1, 0.15) is 49.5 Å². The summed E-state index contributed by atoms with van der Waals surface area (Å²) in [6.45, 7) is 6.12. The number of benzene rings is 2. The van der Waals surface area contributed by atoms with E-state index in [0.29, 0.717) is 36.4 Å². The smallest absolute Gasteiger partial charge is 0.261 e. The highest BCUT2D eigenvalue weighted by Gasteiger charge is 2.33. The van der Waals surface area contributed by atoms with Gasteiger partial charge in [-0.2, -0.15) is 0 Å². The van der Waals surface area contributed by atoms with Gasteiger partial charge in [-0.1, -0.05) is 37.3 Å². The molecule has 0 saturated heterocycles. The summed E-state index contributed by atoms with van der Waals surface area (Å²) in [5, 5.41) is 2.90. The Morgan fingerprint density at radius 2 is 1.96 bits per heavy atom. The highest BCUT2D eigenvalue weighted by molar-refractivity contribution is 6.00. The molecule has 1 unspecified atom stereocenters. The van der Waals surface area contributed by atoms with Gasteiger partial charge in [-0.3, -0.25) is 9.59 Å². The average Bonchev–Trinajstić information content (AvgIpc) is 2.64. The molecule has 0 aromatic heterocycles. The Hall–Kier alpha value is -2.82. The molecule has 0 saturated carbocycles. The normalized spacial score (nSPS) is 16.0. The van der Waals surface area contributed by atoms with E-state index in [0.717, 1.165) is 5.56 Å². The van der Waals surface area contributed by atoms with Crippen LogP contribution in [-0.4, -0.2) is 23.4 Å². The summed E-state index contributed by atoms with van der Waals surface area (Å²) in [6, 6.07) is 14.9. The monoisotopic (exact) mass is 367 g/mol. The Kier molecular flexibility index (Phi) is 5.49. The van der Waals surface area contributed by atoms with Crippen LogP contribution in [0.15, 0.2) is 48.5 Å². The van der Waals surface area contributed by atoms with Crippen molar-refractivity contribution in [1.29, 1.82) is 0 Å². The SMILES string of the molecule is CCC(Oc1ccc2c(c1)C(=O)CC(C)(C)O2)C(=O)NCc1ccccc1. The minimum Gasteiger partial charge on any atom is -0.487 e. The number of fused-ring (bicyclic) bond motifs is 1. The van der Waals surface area contributed by atoms with E-state index in [2.05, 4.69) is 5.32 Å². The maximum atomic E-state index is 12.5. The standard InChI is InChI=1S/C22H25NO4/c1-4-19(21(25)23-14-15-8-6-5-7-9-15)26-16-10-11-20-17(12-16)18(24)13-22(2,3)27-20/h5-12,19H,4,13-14H2,1-3H3,(H,23,25). The van der Waals surface area contributed by atoms with Gasteiger partial charge in [0, 0.05) is 6.54 Å². The Labute approximate surface area is 159 Å². The van der Waals surface area contributed by atoms with Gasteiger partial charge in [-0.05, 0) is 44.0 Å². The first-order valence-corrected chi connectivity index (χ1v) is 9.22. The van der Waals surface area contributed by atoms with Crippen molar-refractivity contribution in [3.63, 3.8) is 0 Å². The fourth-order valence-electron chi connectivity index (χ4n) is 3.09. The van der Waals surface area contributed by atoms with E-state index in [1.807, 2.05) is 51.1 Å². The van der Waals surface area contributed by atoms with Gasteiger partial charge in [-0.15, -0.1) is 0 Å². The number of carbonyl (C=O) groups is 2. The van der Waals surface area contributed by atoms with Gasteiger partial charge >= 0.3 is 0 Å². The lowest BCUT2D eigenvalue weighted by molar-refractivity contribution is -0.128. The van der Waals surface area contributed by atoms with E-state index in [1.54, 1.807) is 18.2 Å². The zero-order chi connectivity index (χ0) is 19.4. The van der Waals surface area contributed by atoms with Gasteiger partial charge < -0.3 is 14.8 Å². The van der Waals surface area contributed by atoms with Gasteiger partial charge in [-0.25, -0.2) is 0 Å². The van der Waals surface area contributed by atoms with E-state index in [4.69, 9.17) is 9.47 Å². The largest absolute Gasteiger partial charge is 0.487 e. The number of Topliss-reactive ketones (excluding diaryl/α,β-unsaturated/α-hetero) is 1. The maximum Gasteiger partial charge on any atom is 0.261 e. The van der Waals surface area contributed by atoms with Crippen LogP contribution < -0.4 is 14.8 Å². The number of hydrogen-bond acceptors (Lipinski definition) is 4. The summed E-state index contributed by atoms with van der Waals surface area (Å²) < 4.78 is 11.7. The summed E-state index contributed by atoms with van der Waals surface area (Å²) in [6.07, 6.45) is 0.218. The van der Waals surface area contributed by atoms with Crippen molar-refractivity contribution >= 4 is 11.7 Å². The van der Waals surface area contributed by atoms with Gasteiger partial charge in [0.05, 0.1) is 12.0 Å². The van der Waals surface area contributed by atoms with E-state index < -0.39 is 11.7 Å². The van der Waals surface area contributed by atoms with E-state index >= 15 is 0 Å². The lowest BCUT2D eigenvalue weighted by Crippen LogP contribution is -2.38. The lowest BCUT2D eigenvalue weighted by Gasteiger charge is -2.31. The number of rotatable bonds is 6. The van der Waals surface area contributed by atoms with Crippen molar-refractivity contribution in [1.82, 2.24) is 5.32 Å². The van der Waals surface area contributed by atoms with Crippen LogP contribution in [0.4, 0.5) is 0 Å². The topological polar surface area (TPSA) is 64.6 Å². The number of nitrogens with one attached hydrogen (secondary N) is 1. The van der Waals surface area contributed by atoms with Crippen molar-refractivity contribution in [3.05, 3.63) is 59.7 Å². The van der Waals surface area contributed by atoms with E-state index in [9.17, 15) is 9.59 Å². The van der Waals surface area contributed by atoms with Crippen LogP contribution in [0.3, 0.4) is 0 Å². The Morgan fingerprint density at radius 3 is 2.67 bits per heavy atom. The first-order valence-electron chi connectivity index (χ1n) is 9.22. The summed E-state index contributed by atoms with van der Waals surface area (Å²) in [5.74, 6) is 0.897. The number of ether oxygens (including phenoxy) is 2. The minimum atomic E-state index is -0.622. The van der Waals surface area contributed by atoms with Gasteiger partial charge in [0.15, 0.2) is 11.9 Å². The van der Waals surface area contributed by atoms with Crippen molar-refractivity contribution in [3.8, 4) is 11.5 Å². The lowest BCUT2D eigenvalue weighted by atomic mass is 9.93. The number of amides is 1. The minimum absolute atomic E-state index is 0.0216. The Balaban J connectivity index is 1.67. The Morgan fingerprint density at radius 1 is 1.22 bits per heavy atom. The second-order valence-corrected chi connectivity index (χ2v) is 7.34. The first-order chi connectivity index (χ1) is 12.9. The molecule has 1 amide bonds. The molecule has 27 heavy (non-hydrogen) atoms. The molecule has 0 fully saturated rings. The van der Waals surface area contributed by atoms with Gasteiger partial charge in [0.1, 0.15) is 17.1 Å². The summed E-state index contributed by atoms with van der Waals surface area (Å²) in [5.41, 5.74) is 1.03. The zero-order valence-corrected chi connectivity index (χ0v) is 16.0. The summed E-state index contributed by atoms with van der Waals surface area (Å²) in [7, 11) is 0. The number of hydrogen-bond donors (Lipinski definition) is 1. The van der Waals surface area contributed by atoms with Crippen LogP contribution in [0.25, 0.3) is 0 Å². The molecule has 2 aromatic carbocycles. The second-order valence-electron chi connectivity index (χ2n) is 7.34. The van der Waals surface area contributed by atoms with Crippen molar-refractivity contribution in [2.45, 2.75) is 51.9 Å². The van der Waals surface area contributed by atoms with Crippen LogP contribution in [0, 0.1) is 0 Å². The van der Waals surface area contributed by atoms with Crippen molar-refractivity contribution < 1.29 is 19.1 Å². The highest BCUT2D eigenvalue weighted by atomic mass is 16.5. The predicted octanol–water partition coefficient (Wildman–Crippen LogP) is 3.90. The van der Waals surface area contributed by atoms with Crippen molar-refractivity contribution in [2.24, 2.45) is 0 Å². The van der Waals surface area contributed by atoms with E-state index in [1.165, 1.54) is 0 Å². The molecule has 1 heterocycles. The molecule has 1 atom stereocenters. The molecule has 3 rings (SSSR count). The van der Waals surface area contributed by atoms with Crippen LogP contribution in [-0.2, 0) is 11.3 Å². The molecule has 1 N–H and O–H groups in total. The first kappa shape index (κ1) is 19.0. The third kappa shape index (κ3) is 4.67. The molecule has 1 aliphatic rings. The molecule has 0 aliphatic carbocycles. The molecular formula is C22H25NO4. The van der Waals surface area contributed by atoms with Crippen LogP contribution in [0.5, 0.6) is 11.5 Å². The molecular weight excluding hydrogens is 342 g/mol. The van der Waals surface area contributed by atoms with Gasteiger partial charge in [0.2, 0.25) is 0 Å². The molecule has 5 heteroatoms. The van der Waals surface area contributed by atoms with Crippen LogP contribution in [0.2, 0.25) is 0 Å². The summed E-state index contributed by atoms with van der Waals surface area (Å²) in [4.78, 5) is 24.8. The molecule has 142 valence electrons.